The number of anilines is 2. The van der Waals surface area contributed by atoms with E-state index in [4.69, 9.17) is 22.2 Å². The van der Waals surface area contributed by atoms with Gasteiger partial charge in [-0.15, -0.1) is 0 Å². The smallest absolute Gasteiger partial charge is 0.239 e. The van der Waals surface area contributed by atoms with E-state index in [2.05, 4.69) is 20.7 Å². The van der Waals surface area contributed by atoms with E-state index < -0.39 is 5.60 Å². The van der Waals surface area contributed by atoms with Crippen molar-refractivity contribution in [2.45, 2.75) is 12.0 Å². The zero-order valence-corrected chi connectivity index (χ0v) is 9.87. The van der Waals surface area contributed by atoms with Crippen molar-refractivity contribution < 1.29 is 9.84 Å². The van der Waals surface area contributed by atoms with E-state index in [1.54, 1.807) is 0 Å². The largest absolute Gasteiger partial charge is 0.386 e. The third-order valence-corrected chi connectivity index (χ3v) is 2.82. The average Bonchev–Trinajstić information content (AvgIpc) is 2.76. The van der Waals surface area contributed by atoms with Crippen LogP contribution >= 0.6 is 11.6 Å². The summed E-state index contributed by atoms with van der Waals surface area (Å²) in [6, 6.07) is 0. The van der Waals surface area contributed by atoms with Crippen LogP contribution < -0.4 is 16.6 Å². The van der Waals surface area contributed by atoms with Gasteiger partial charge in [0.2, 0.25) is 5.95 Å². The first kappa shape index (κ1) is 12.3. The molecular formula is C9H14ClN5O2. The lowest BCUT2D eigenvalue weighted by molar-refractivity contribution is 0.0381. The molecule has 1 unspecified atom stereocenters. The van der Waals surface area contributed by atoms with Crippen molar-refractivity contribution in [3.05, 3.63) is 11.2 Å². The van der Waals surface area contributed by atoms with Crippen LogP contribution in [-0.4, -0.2) is 40.4 Å². The van der Waals surface area contributed by atoms with E-state index in [0.29, 0.717) is 37.0 Å². The summed E-state index contributed by atoms with van der Waals surface area (Å²) in [6.45, 7) is 1.18. The quantitative estimate of drug-likeness (QED) is 0.445. The van der Waals surface area contributed by atoms with E-state index in [1.165, 1.54) is 6.20 Å². The van der Waals surface area contributed by atoms with Crippen molar-refractivity contribution in [1.29, 1.82) is 0 Å². The van der Waals surface area contributed by atoms with Gasteiger partial charge < -0.3 is 15.2 Å². The van der Waals surface area contributed by atoms with Crippen molar-refractivity contribution in [3.63, 3.8) is 0 Å². The van der Waals surface area contributed by atoms with E-state index in [-0.39, 0.29) is 5.95 Å². The predicted molar refractivity (Wildman–Crippen MR) is 63.7 cm³/mol. The van der Waals surface area contributed by atoms with Gasteiger partial charge in [-0.1, -0.05) is 11.6 Å². The highest BCUT2D eigenvalue weighted by atomic mass is 35.5. The third kappa shape index (κ3) is 2.95. The summed E-state index contributed by atoms with van der Waals surface area (Å²) in [5.41, 5.74) is 1.45. The second kappa shape index (κ2) is 5.01. The van der Waals surface area contributed by atoms with Crippen LogP contribution in [-0.2, 0) is 4.74 Å². The second-order valence-corrected chi connectivity index (χ2v) is 4.32. The highest BCUT2D eigenvalue weighted by Crippen LogP contribution is 2.22. The molecule has 0 amide bonds. The van der Waals surface area contributed by atoms with E-state index >= 15 is 0 Å². The van der Waals surface area contributed by atoms with Crippen LogP contribution in [0.2, 0.25) is 5.02 Å². The molecule has 2 heterocycles. The molecule has 0 aliphatic carbocycles. The molecule has 1 aromatic heterocycles. The van der Waals surface area contributed by atoms with Gasteiger partial charge >= 0.3 is 0 Å². The molecule has 17 heavy (non-hydrogen) atoms. The number of aliphatic hydroxyl groups is 1. The van der Waals surface area contributed by atoms with Crippen LogP contribution in [0, 0.1) is 0 Å². The minimum Gasteiger partial charge on any atom is -0.386 e. The average molecular weight is 260 g/mol. The summed E-state index contributed by atoms with van der Waals surface area (Å²) in [4.78, 5) is 7.89. The predicted octanol–water partition coefficient (Wildman–Crippen LogP) is -0.0211. The summed E-state index contributed by atoms with van der Waals surface area (Å²) in [5, 5.41) is 13.4. The zero-order chi connectivity index (χ0) is 12.3. The lowest BCUT2D eigenvalue weighted by Crippen LogP contribution is -2.37. The van der Waals surface area contributed by atoms with E-state index in [1.807, 2.05) is 0 Å². The van der Waals surface area contributed by atoms with Gasteiger partial charge in [0.15, 0.2) is 5.82 Å². The number of nitrogens with zero attached hydrogens (tertiary/aromatic N) is 2. The molecule has 1 aliphatic heterocycles. The summed E-state index contributed by atoms with van der Waals surface area (Å²) >= 11 is 5.92. The Morgan fingerprint density at radius 3 is 3.12 bits per heavy atom. The molecule has 1 aromatic rings. The minimum absolute atomic E-state index is 0.256. The highest BCUT2D eigenvalue weighted by Gasteiger charge is 2.32. The zero-order valence-electron chi connectivity index (χ0n) is 9.11. The number of nitrogens with two attached hydrogens (primary N) is 1. The molecule has 0 aromatic carbocycles. The van der Waals surface area contributed by atoms with Crippen LogP contribution in [0.1, 0.15) is 6.42 Å². The molecule has 0 saturated carbocycles. The Morgan fingerprint density at radius 1 is 1.65 bits per heavy atom. The molecule has 1 atom stereocenters. The van der Waals surface area contributed by atoms with Crippen molar-refractivity contribution in [3.8, 4) is 0 Å². The number of hydrogen-bond acceptors (Lipinski definition) is 7. The maximum atomic E-state index is 10.1. The molecule has 1 fully saturated rings. The van der Waals surface area contributed by atoms with Crippen LogP contribution in [0.25, 0.3) is 0 Å². The van der Waals surface area contributed by atoms with Gasteiger partial charge in [0, 0.05) is 19.6 Å². The number of rotatable bonds is 4. The molecule has 2 rings (SSSR count). The Bertz CT molecular complexity index is 397. The first-order valence-corrected chi connectivity index (χ1v) is 5.54. The Balaban J connectivity index is 2.02. The molecule has 8 heteroatoms. The summed E-state index contributed by atoms with van der Waals surface area (Å²) < 4.78 is 5.14. The normalized spacial score (nSPS) is 23.7. The minimum atomic E-state index is -0.870. The fourth-order valence-electron chi connectivity index (χ4n) is 1.54. The molecule has 7 nitrogen and oxygen atoms in total. The SMILES string of the molecule is NNc1ncc(Cl)c(NCC2(O)CCOC2)n1. The molecule has 94 valence electrons. The maximum absolute atomic E-state index is 10.1. The maximum Gasteiger partial charge on any atom is 0.239 e. The molecule has 0 spiro atoms. The lowest BCUT2D eigenvalue weighted by atomic mass is 10.0. The van der Waals surface area contributed by atoms with Crippen molar-refractivity contribution in [2.75, 3.05) is 30.5 Å². The third-order valence-electron chi connectivity index (χ3n) is 2.54. The Kier molecular flexibility index (Phi) is 3.63. The van der Waals surface area contributed by atoms with Crippen molar-refractivity contribution >= 4 is 23.4 Å². The second-order valence-electron chi connectivity index (χ2n) is 3.91. The Labute approximate surface area is 103 Å². The number of aromatic nitrogens is 2. The first-order chi connectivity index (χ1) is 8.13. The number of halogens is 1. The highest BCUT2D eigenvalue weighted by molar-refractivity contribution is 6.32. The van der Waals surface area contributed by atoms with Crippen LogP contribution in [0.4, 0.5) is 11.8 Å². The number of nitrogen functional groups attached to an aromatic ring is 1. The Hall–Kier alpha value is -1.15. The standard InChI is InChI=1S/C9H14ClN5O2/c10-6-3-12-8(15-11)14-7(6)13-4-9(16)1-2-17-5-9/h3,16H,1-2,4-5,11H2,(H2,12,13,14,15). The van der Waals surface area contributed by atoms with Crippen molar-refractivity contribution in [2.24, 2.45) is 5.84 Å². The monoisotopic (exact) mass is 259 g/mol. The van der Waals surface area contributed by atoms with Gasteiger partial charge in [-0.2, -0.15) is 4.98 Å². The summed E-state index contributed by atoms with van der Waals surface area (Å²) in [5.74, 6) is 5.88. The van der Waals surface area contributed by atoms with Crippen LogP contribution in [0.15, 0.2) is 6.20 Å². The molecule has 0 radical (unpaired) electrons. The first-order valence-electron chi connectivity index (χ1n) is 5.16. The fraction of sp³-hybridized carbons (Fsp3) is 0.556. The number of hydrazine groups is 1. The lowest BCUT2D eigenvalue weighted by Gasteiger charge is -2.21. The van der Waals surface area contributed by atoms with Gasteiger partial charge in [-0.25, -0.2) is 10.8 Å². The molecule has 1 aliphatic rings. The van der Waals surface area contributed by atoms with Gasteiger partial charge in [0.1, 0.15) is 10.6 Å². The topological polar surface area (TPSA) is 105 Å². The number of hydrogen-bond donors (Lipinski definition) is 4. The molecule has 1 saturated heterocycles. The van der Waals surface area contributed by atoms with E-state index in [9.17, 15) is 5.11 Å². The van der Waals surface area contributed by atoms with Gasteiger partial charge in [-0.05, 0) is 0 Å². The number of nitrogens with one attached hydrogen (secondary N) is 2. The van der Waals surface area contributed by atoms with Gasteiger partial charge in [-0.3, -0.25) is 5.43 Å². The molecule has 5 N–H and O–H groups in total. The van der Waals surface area contributed by atoms with E-state index in [0.717, 1.165) is 0 Å². The van der Waals surface area contributed by atoms with Gasteiger partial charge in [0.05, 0.1) is 12.8 Å². The summed E-state index contributed by atoms with van der Waals surface area (Å²) in [6.07, 6.45) is 2.02. The molecular weight excluding hydrogens is 246 g/mol. The summed E-state index contributed by atoms with van der Waals surface area (Å²) in [7, 11) is 0. The molecule has 0 bridgehead atoms. The Morgan fingerprint density at radius 2 is 2.47 bits per heavy atom. The van der Waals surface area contributed by atoms with Gasteiger partial charge in [0.25, 0.3) is 0 Å². The fourth-order valence-corrected chi connectivity index (χ4v) is 1.70. The van der Waals surface area contributed by atoms with Crippen LogP contribution in [0.3, 0.4) is 0 Å². The number of ether oxygens (including phenoxy) is 1. The van der Waals surface area contributed by atoms with Crippen LogP contribution in [0.5, 0.6) is 0 Å². The van der Waals surface area contributed by atoms with Crippen molar-refractivity contribution in [1.82, 2.24) is 9.97 Å².